The third-order valence-corrected chi connectivity index (χ3v) is 4.68. The summed E-state index contributed by atoms with van der Waals surface area (Å²) in [6, 6.07) is 0. The molecular weight excluding hydrogens is 294 g/mol. The van der Waals surface area contributed by atoms with Crippen molar-refractivity contribution in [2.75, 3.05) is 0 Å². The van der Waals surface area contributed by atoms with Gasteiger partial charge in [0.05, 0.1) is 22.0 Å². The summed E-state index contributed by atoms with van der Waals surface area (Å²) in [5, 5.41) is 20.0. The molecule has 0 bridgehead atoms. The Hall–Kier alpha value is -2.28. The molecule has 1 unspecified atom stereocenters. The first-order valence-corrected chi connectivity index (χ1v) is 7.19. The molecule has 3 aliphatic rings. The molecule has 0 fully saturated rings. The number of carbonyl (C=O) groups is 1. The number of nitrogens with zero attached hydrogens (tertiary/aromatic N) is 1. The van der Waals surface area contributed by atoms with Gasteiger partial charge in [-0.3, -0.25) is 10.1 Å². The van der Waals surface area contributed by atoms with Crippen molar-refractivity contribution >= 4 is 17.7 Å². The number of hydrogen-bond acceptors (Lipinski definition) is 5. The molecule has 1 N–H and O–H groups in total. The van der Waals surface area contributed by atoms with Crippen LogP contribution < -0.4 is 0 Å². The summed E-state index contributed by atoms with van der Waals surface area (Å²) < 4.78 is 5.49. The summed E-state index contributed by atoms with van der Waals surface area (Å²) in [6.07, 6.45) is 9.13. The standard InChI is InChI=1S/C14H11NO5S/c16-14(17)8-4-5-11-9(6-8)7-20-13-10(15(18)19)2-1-3-12(13)21-11/h2,4-7,11H,1,3H2,(H,16,17). The predicted octanol–water partition coefficient (Wildman–Crippen LogP) is 2.75. The van der Waals surface area contributed by atoms with E-state index in [1.807, 2.05) is 0 Å². The largest absolute Gasteiger partial charge is 0.478 e. The van der Waals surface area contributed by atoms with Crippen molar-refractivity contribution < 1.29 is 19.6 Å². The van der Waals surface area contributed by atoms with Gasteiger partial charge in [0.1, 0.15) is 0 Å². The number of thioether (sulfide) groups is 1. The maximum Gasteiger partial charge on any atom is 0.335 e. The number of nitro groups is 1. The third-order valence-electron chi connectivity index (χ3n) is 3.32. The lowest BCUT2D eigenvalue weighted by Gasteiger charge is -2.17. The maximum atomic E-state index is 11.1. The minimum absolute atomic E-state index is 0.0225. The second-order valence-electron chi connectivity index (χ2n) is 4.68. The molecule has 3 rings (SSSR count). The van der Waals surface area contributed by atoms with Crippen LogP contribution in [-0.2, 0) is 9.53 Å². The summed E-state index contributed by atoms with van der Waals surface area (Å²) in [6.45, 7) is 0. The van der Waals surface area contributed by atoms with E-state index in [1.165, 1.54) is 24.1 Å². The first kappa shape index (κ1) is 13.7. The number of hydrogen-bond donors (Lipinski definition) is 1. The zero-order chi connectivity index (χ0) is 15.0. The molecule has 0 aromatic rings. The number of ether oxygens (including phenoxy) is 1. The molecule has 0 saturated carbocycles. The van der Waals surface area contributed by atoms with E-state index in [2.05, 4.69) is 0 Å². The van der Waals surface area contributed by atoms with Gasteiger partial charge in [-0.2, -0.15) is 0 Å². The fraction of sp³-hybridized carbons (Fsp3) is 0.214. The van der Waals surface area contributed by atoms with Crippen molar-refractivity contribution in [1.29, 1.82) is 0 Å². The van der Waals surface area contributed by atoms with Gasteiger partial charge in [-0.05, 0) is 25.0 Å². The van der Waals surface area contributed by atoms with Crippen molar-refractivity contribution in [3.63, 3.8) is 0 Å². The second kappa shape index (κ2) is 5.25. The topological polar surface area (TPSA) is 89.7 Å². The normalized spacial score (nSPS) is 23.8. The minimum Gasteiger partial charge on any atom is -0.478 e. The highest BCUT2D eigenvalue weighted by molar-refractivity contribution is 8.04. The Bertz CT molecular complexity index is 683. The summed E-state index contributed by atoms with van der Waals surface area (Å²) in [5.74, 6) is -0.736. The van der Waals surface area contributed by atoms with Gasteiger partial charge in [0, 0.05) is 10.5 Å². The van der Waals surface area contributed by atoms with Crippen LogP contribution in [0, 0.1) is 10.1 Å². The Morgan fingerprint density at radius 3 is 3.05 bits per heavy atom. The van der Waals surface area contributed by atoms with Crippen LogP contribution in [0.4, 0.5) is 0 Å². The summed E-state index contributed by atoms with van der Waals surface area (Å²) >= 11 is 1.47. The van der Waals surface area contributed by atoms with Crippen molar-refractivity contribution in [2.45, 2.75) is 18.1 Å². The van der Waals surface area contributed by atoms with E-state index in [1.54, 1.807) is 18.2 Å². The molecule has 0 radical (unpaired) electrons. The van der Waals surface area contributed by atoms with Crippen LogP contribution >= 0.6 is 11.8 Å². The molecule has 108 valence electrons. The number of aliphatic carboxylic acids is 1. The number of carboxylic acid groups (broad SMARTS) is 1. The highest BCUT2D eigenvalue weighted by atomic mass is 32.2. The SMILES string of the molecule is O=C(O)C1=CC2=COC3=C(CCC=C3[N+](=O)[O-])SC2C=C1. The fourth-order valence-corrected chi connectivity index (χ4v) is 3.54. The van der Waals surface area contributed by atoms with Crippen LogP contribution in [-0.4, -0.2) is 21.2 Å². The maximum absolute atomic E-state index is 11.1. The highest BCUT2D eigenvalue weighted by Gasteiger charge is 2.32. The van der Waals surface area contributed by atoms with Gasteiger partial charge < -0.3 is 9.84 Å². The molecule has 2 aliphatic carbocycles. The van der Waals surface area contributed by atoms with Crippen LogP contribution in [0.2, 0.25) is 0 Å². The molecule has 0 amide bonds. The average molecular weight is 305 g/mol. The lowest BCUT2D eigenvalue weighted by molar-refractivity contribution is -0.424. The van der Waals surface area contributed by atoms with Crippen LogP contribution in [0.3, 0.4) is 0 Å². The number of allylic oxidation sites excluding steroid dienone is 3. The van der Waals surface area contributed by atoms with Gasteiger partial charge in [0.15, 0.2) is 0 Å². The van der Waals surface area contributed by atoms with Crippen molar-refractivity contribution in [3.8, 4) is 0 Å². The summed E-state index contributed by atoms with van der Waals surface area (Å²) in [7, 11) is 0. The minimum atomic E-state index is -1.01. The Labute approximate surface area is 124 Å². The van der Waals surface area contributed by atoms with E-state index < -0.39 is 10.9 Å². The molecule has 0 spiro atoms. The molecule has 7 heteroatoms. The molecular formula is C14H11NO5S. The first-order chi connectivity index (χ1) is 10.1. The van der Waals surface area contributed by atoms with Crippen molar-refractivity contribution in [2.24, 2.45) is 0 Å². The number of fused-ring (bicyclic) bond motifs is 1. The molecule has 6 nitrogen and oxygen atoms in total. The van der Waals surface area contributed by atoms with Crippen LogP contribution in [0.15, 0.2) is 58.1 Å². The number of carboxylic acids is 1. The quantitative estimate of drug-likeness (QED) is 0.623. The van der Waals surface area contributed by atoms with E-state index in [4.69, 9.17) is 9.84 Å². The monoisotopic (exact) mass is 305 g/mol. The van der Waals surface area contributed by atoms with E-state index in [-0.39, 0.29) is 22.3 Å². The molecule has 0 aromatic carbocycles. The second-order valence-corrected chi connectivity index (χ2v) is 5.91. The Morgan fingerprint density at radius 1 is 1.52 bits per heavy atom. The first-order valence-electron chi connectivity index (χ1n) is 6.31. The molecule has 0 aromatic heterocycles. The highest BCUT2D eigenvalue weighted by Crippen LogP contribution is 2.42. The smallest absolute Gasteiger partial charge is 0.335 e. The molecule has 21 heavy (non-hydrogen) atoms. The van der Waals surface area contributed by atoms with E-state index >= 15 is 0 Å². The van der Waals surface area contributed by atoms with E-state index in [0.717, 1.165) is 4.91 Å². The number of rotatable bonds is 2. The molecule has 0 saturated heterocycles. The Morgan fingerprint density at radius 2 is 2.33 bits per heavy atom. The van der Waals surface area contributed by atoms with Crippen LogP contribution in [0.25, 0.3) is 0 Å². The van der Waals surface area contributed by atoms with E-state index in [0.29, 0.717) is 18.4 Å². The molecule has 1 aliphatic heterocycles. The lowest BCUT2D eigenvalue weighted by Crippen LogP contribution is -2.10. The van der Waals surface area contributed by atoms with Gasteiger partial charge in [0.2, 0.25) is 5.76 Å². The zero-order valence-electron chi connectivity index (χ0n) is 10.8. The predicted molar refractivity (Wildman–Crippen MR) is 76.7 cm³/mol. The van der Waals surface area contributed by atoms with Gasteiger partial charge in [0.25, 0.3) is 0 Å². The lowest BCUT2D eigenvalue weighted by atomic mass is 10.0. The van der Waals surface area contributed by atoms with Gasteiger partial charge >= 0.3 is 11.7 Å². The Balaban J connectivity index is 1.95. The van der Waals surface area contributed by atoms with Gasteiger partial charge in [-0.1, -0.05) is 12.2 Å². The fourth-order valence-electron chi connectivity index (χ4n) is 2.32. The zero-order valence-corrected chi connectivity index (χ0v) is 11.6. The van der Waals surface area contributed by atoms with Crippen molar-refractivity contribution in [1.82, 2.24) is 0 Å². The van der Waals surface area contributed by atoms with Gasteiger partial charge in [-0.25, -0.2) is 4.79 Å². The van der Waals surface area contributed by atoms with Crippen LogP contribution in [0.1, 0.15) is 12.8 Å². The summed E-state index contributed by atoms with van der Waals surface area (Å²) in [4.78, 5) is 22.5. The van der Waals surface area contributed by atoms with Crippen molar-refractivity contribution in [3.05, 3.63) is 68.2 Å². The molecule has 1 heterocycles. The Kier molecular flexibility index (Phi) is 3.42. The average Bonchev–Trinajstić information content (AvgIpc) is 2.64. The van der Waals surface area contributed by atoms with Gasteiger partial charge in [-0.15, -0.1) is 11.8 Å². The molecule has 1 atom stereocenters. The van der Waals surface area contributed by atoms with E-state index in [9.17, 15) is 14.9 Å². The van der Waals surface area contributed by atoms with Crippen LogP contribution in [0.5, 0.6) is 0 Å². The summed E-state index contributed by atoms with van der Waals surface area (Å²) in [5.41, 5.74) is 0.842. The third kappa shape index (κ3) is 2.52.